The molecular weight excluding hydrogens is 451 g/mol. The van der Waals surface area contributed by atoms with E-state index < -0.39 is 5.97 Å². The zero-order chi connectivity index (χ0) is 25.1. The first-order valence-corrected chi connectivity index (χ1v) is 11.2. The molecule has 0 unspecified atom stereocenters. The van der Waals surface area contributed by atoms with E-state index in [0.29, 0.717) is 53.8 Å². The number of ether oxygens (including phenoxy) is 2. The number of aromatic carboxylic acids is 1. The summed E-state index contributed by atoms with van der Waals surface area (Å²) in [5.74, 6) is 0.191. The predicted molar refractivity (Wildman–Crippen MR) is 132 cm³/mol. The number of carboxylic acid groups (broad SMARTS) is 1. The summed E-state index contributed by atoms with van der Waals surface area (Å²) in [4.78, 5) is 20.3. The number of aromatic nitrogens is 3. The van der Waals surface area contributed by atoms with Gasteiger partial charge in [0.2, 0.25) is 0 Å². The van der Waals surface area contributed by atoms with E-state index in [-0.39, 0.29) is 11.4 Å². The minimum atomic E-state index is -1.04. The van der Waals surface area contributed by atoms with E-state index in [0.717, 1.165) is 16.6 Å². The Morgan fingerprint density at radius 2 is 1.94 bits per heavy atom. The minimum Gasteiger partial charge on any atom is -0.496 e. The largest absolute Gasteiger partial charge is 0.496 e. The van der Waals surface area contributed by atoms with Crippen molar-refractivity contribution in [3.8, 4) is 22.8 Å². The van der Waals surface area contributed by atoms with E-state index in [9.17, 15) is 14.3 Å². The van der Waals surface area contributed by atoms with E-state index in [4.69, 9.17) is 9.47 Å². The molecule has 35 heavy (non-hydrogen) atoms. The van der Waals surface area contributed by atoms with Gasteiger partial charge in [0, 0.05) is 35.8 Å². The molecule has 0 saturated carbocycles. The average Bonchev–Trinajstić information content (AvgIpc) is 3.16. The number of hydrogen-bond donors (Lipinski definition) is 2. The molecule has 2 N–H and O–H groups in total. The van der Waals surface area contributed by atoms with Crippen molar-refractivity contribution >= 4 is 22.7 Å². The van der Waals surface area contributed by atoms with Crippen molar-refractivity contribution in [1.82, 2.24) is 14.5 Å². The van der Waals surface area contributed by atoms with Gasteiger partial charge in [0.15, 0.2) is 0 Å². The summed E-state index contributed by atoms with van der Waals surface area (Å²) in [5.41, 5.74) is 3.50. The molecule has 0 aliphatic carbocycles. The highest BCUT2D eigenvalue weighted by Crippen LogP contribution is 2.32. The Morgan fingerprint density at radius 3 is 2.66 bits per heavy atom. The monoisotopic (exact) mass is 478 g/mol. The number of nitrogens with one attached hydrogen (secondary N) is 1. The average molecular weight is 479 g/mol. The van der Waals surface area contributed by atoms with Crippen LogP contribution in [0.5, 0.6) is 11.5 Å². The maximum atomic E-state index is 14.6. The number of fused-ring (bicyclic) bond motifs is 1. The molecule has 0 aliphatic heterocycles. The molecule has 4 aromatic rings. The summed E-state index contributed by atoms with van der Waals surface area (Å²) < 4.78 is 27.5. The maximum Gasteiger partial charge on any atom is 0.339 e. The first-order chi connectivity index (χ1) is 16.8. The second-order valence-electron chi connectivity index (χ2n) is 8.07. The third kappa shape index (κ3) is 4.75. The number of methoxy groups -OCH3 is 1. The summed E-state index contributed by atoms with van der Waals surface area (Å²) >= 11 is 0. The highest BCUT2D eigenvalue weighted by atomic mass is 19.1. The summed E-state index contributed by atoms with van der Waals surface area (Å²) in [7, 11) is 1.57. The topological polar surface area (TPSA) is 98.5 Å². The Morgan fingerprint density at radius 1 is 1.14 bits per heavy atom. The van der Waals surface area contributed by atoms with Crippen LogP contribution in [-0.2, 0) is 6.54 Å². The van der Waals surface area contributed by atoms with Gasteiger partial charge in [-0.2, -0.15) is 0 Å². The van der Waals surface area contributed by atoms with Crippen LogP contribution in [0.3, 0.4) is 0 Å². The normalized spacial score (nSPS) is 11.0. The molecule has 0 saturated heterocycles. The van der Waals surface area contributed by atoms with Crippen LogP contribution in [0.25, 0.3) is 22.2 Å². The number of carboxylic acids is 1. The Balaban J connectivity index is 1.56. The van der Waals surface area contributed by atoms with Crippen LogP contribution >= 0.6 is 0 Å². The number of benzene rings is 2. The summed E-state index contributed by atoms with van der Waals surface area (Å²) in [5, 5.41) is 13.5. The van der Waals surface area contributed by atoms with Gasteiger partial charge in [0.1, 0.15) is 35.0 Å². The van der Waals surface area contributed by atoms with Crippen LogP contribution < -0.4 is 14.8 Å². The molecule has 2 heterocycles. The lowest BCUT2D eigenvalue weighted by Crippen LogP contribution is -2.13. The molecule has 0 radical (unpaired) electrons. The van der Waals surface area contributed by atoms with E-state index in [1.165, 1.54) is 12.4 Å². The van der Waals surface area contributed by atoms with Crippen LogP contribution in [0.15, 0.2) is 42.7 Å². The molecule has 0 aliphatic rings. The lowest BCUT2D eigenvalue weighted by atomic mass is 10.0. The van der Waals surface area contributed by atoms with Gasteiger partial charge in [-0.15, -0.1) is 0 Å². The van der Waals surface area contributed by atoms with Crippen molar-refractivity contribution in [1.29, 1.82) is 0 Å². The smallest absolute Gasteiger partial charge is 0.339 e. The molecule has 9 heteroatoms. The SMILES string of the molecule is CCOc1cc(-c2cc(NCCn3c(C)cc4c(OC)ccc(F)c43)ncn2)cc(C)c1C(=O)O. The van der Waals surface area contributed by atoms with Crippen molar-refractivity contribution < 1.29 is 23.8 Å². The number of carbonyl (C=O) groups is 1. The minimum absolute atomic E-state index is 0.140. The van der Waals surface area contributed by atoms with Gasteiger partial charge in [-0.25, -0.2) is 19.2 Å². The van der Waals surface area contributed by atoms with E-state index in [1.54, 1.807) is 45.2 Å². The first-order valence-electron chi connectivity index (χ1n) is 11.2. The highest BCUT2D eigenvalue weighted by molar-refractivity contribution is 5.93. The van der Waals surface area contributed by atoms with Crippen LogP contribution in [-0.4, -0.2) is 45.9 Å². The summed E-state index contributed by atoms with van der Waals surface area (Å²) in [6.45, 7) is 6.82. The Bertz CT molecular complexity index is 1400. The third-order valence-corrected chi connectivity index (χ3v) is 5.81. The highest BCUT2D eigenvalue weighted by Gasteiger charge is 2.18. The fraction of sp³-hybridized carbons (Fsp3) is 0.269. The molecule has 0 bridgehead atoms. The van der Waals surface area contributed by atoms with Gasteiger partial charge >= 0.3 is 5.97 Å². The fourth-order valence-corrected chi connectivity index (χ4v) is 4.26. The van der Waals surface area contributed by atoms with Crippen molar-refractivity contribution in [3.05, 3.63) is 65.4 Å². The van der Waals surface area contributed by atoms with E-state index in [2.05, 4.69) is 15.3 Å². The third-order valence-electron chi connectivity index (χ3n) is 5.81. The maximum absolute atomic E-state index is 14.6. The Labute approximate surface area is 202 Å². The summed E-state index contributed by atoms with van der Waals surface area (Å²) in [6.07, 6.45) is 1.44. The lowest BCUT2D eigenvalue weighted by Gasteiger charge is -2.13. The van der Waals surface area contributed by atoms with Crippen LogP contribution in [0, 0.1) is 19.7 Å². The second-order valence-corrected chi connectivity index (χ2v) is 8.07. The molecule has 2 aromatic carbocycles. The van der Waals surface area contributed by atoms with Gasteiger partial charge < -0.3 is 24.5 Å². The van der Waals surface area contributed by atoms with E-state index in [1.807, 2.05) is 17.6 Å². The molecule has 2 aromatic heterocycles. The van der Waals surface area contributed by atoms with Gasteiger partial charge in [0.25, 0.3) is 0 Å². The number of nitrogens with zero attached hydrogens (tertiary/aromatic N) is 3. The second kappa shape index (κ2) is 10.0. The van der Waals surface area contributed by atoms with Crippen molar-refractivity contribution in [2.75, 3.05) is 25.6 Å². The molecule has 8 nitrogen and oxygen atoms in total. The van der Waals surface area contributed by atoms with Gasteiger partial charge in [-0.1, -0.05) is 0 Å². The Kier molecular flexibility index (Phi) is 6.86. The van der Waals surface area contributed by atoms with Crippen molar-refractivity contribution in [3.63, 3.8) is 0 Å². The molecular formula is C26H27FN4O4. The van der Waals surface area contributed by atoms with Crippen LogP contribution in [0.4, 0.5) is 10.2 Å². The number of rotatable bonds is 9. The number of anilines is 1. The molecule has 0 amide bonds. The standard InChI is InChI=1S/C26H27FN4O4/c1-5-35-22-12-17(10-15(2)24(22)26(32)33)20-13-23(30-14-29-20)28-8-9-31-16(3)11-18-21(34-4)7-6-19(27)25(18)31/h6-7,10-14H,5,8-9H2,1-4H3,(H,32,33)(H,28,29,30). The van der Waals surface area contributed by atoms with Gasteiger partial charge in [0.05, 0.1) is 24.9 Å². The van der Waals surface area contributed by atoms with Gasteiger partial charge in [-0.3, -0.25) is 0 Å². The lowest BCUT2D eigenvalue weighted by molar-refractivity contribution is 0.0691. The molecule has 182 valence electrons. The van der Waals surface area contributed by atoms with E-state index >= 15 is 0 Å². The molecule has 4 rings (SSSR count). The first kappa shape index (κ1) is 24.0. The van der Waals surface area contributed by atoms with Crippen molar-refractivity contribution in [2.45, 2.75) is 27.3 Å². The fourth-order valence-electron chi connectivity index (χ4n) is 4.26. The predicted octanol–water partition coefficient (Wildman–Crippen LogP) is 5.07. The zero-order valence-corrected chi connectivity index (χ0v) is 20.1. The Hall–Kier alpha value is -4.14. The molecule has 0 atom stereocenters. The molecule has 0 spiro atoms. The number of hydrogen-bond acceptors (Lipinski definition) is 6. The number of aryl methyl sites for hydroxylation is 2. The van der Waals surface area contributed by atoms with Crippen LogP contribution in [0.2, 0.25) is 0 Å². The summed E-state index contributed by atoms with van der Waals surface area (Å²) in [6, 6.07) is 10.2. The quantitative estimate of drug-likeness (QED) is 0.346. The number of halogens is 1. The van der Waals surface area contributed by atoms with Gasteiger partial charge in [-0.05, 0) is 56.7 Å². The van der Waals surface area contributed by atoms with Crippen LogP contribution in [0.1, 0.15) is 28.5 Å². The van der Waals surface area contributed by atoms with Crippen molar-refractivity contribution in [2.24, 2.45) is 0 Å². The zero-order valence-electron chi connectivity index (χ0n) is 20.1. The molecule has 0 fully saturated rings.